The molecule has 7 nitrogen and oxygen atoms in total. The van der Waals surface area contributed by atoms with Gasteiger partial charge < -0.3 is 14.8 Å². The first kappa shape index (κ1) is 25.0. The SMILES string of the molecule is COc1ccc(S(=O)(=O)N(CC(=O)Nc2ccccc2C(C)C)c2ccc(F)cc2)cc1OC. The van der Waals surface area contributed by atoms with Gasteiger partial charge in [-0.25, -0.2) is 12.8 Å². The number of nitrogens with one attached hydrogen (secondary N) is 1. The Hall–Kier alpha value is -3.59. The molecule has 180 valence electrons. The second-order valence-electron chi connectivity index (χ2n) is 7.80. The van der Waals surface area contributed by atoms with Gasteiger partial charge in [0.05, 0.1) is 24.8 Å². The molecule has 3 aromatic rings. The number of benzene rings is 3. The van der Waals surface area contributed by atoms with Crippen LogP contribution in [0, 0.1) is 5.82 Å². The van der Waals surface area contributed by atoms with Gasteiger partial charge in [0.2, 0.25) is 5.91 Å². The molecule has 1 N–H and O–H groups in total. The lowest BCUT2D eigenvalue weighted by molar-refractivity contribution is -0.114. The summed E-state index contributed by atoms with van der Waals surface area (Å²) in [5.41, 5.74) is 1.67. The topological polar surface area (TPSA) is 84.9 Å². The second kappa shape index (κ2) is 10.6. The van der Waals surface area contributed by atoms with Gasteiger partial charge >= 0.3 is 0 Å². The average Bonchev–Trinajstić information content (AvgIpc) is 2.82. The zero-order valence-electron chi connectivity index (χ0n) is 19.4. The molecular formula is C25H27FN2O5S. The molecule has 0 saturated heterocycles. The quantitative estimate of drug-likeness (QED) is 0.470. The fraction of sp³-hybridized carbons (Fsp3) is 0.240. The van der Waals surface area contributed by atoms with Crippen molar-refractivity contribution in [1.29, 1.82) is 0 Å². The van der Waals surface area contributed by atoms with Crippen LogP contribution < -0.4 is 19.1 Å². The van der Waals surface area contributed by atoms with Gasteiger partial charge in [0, 0.05) is 11.8 Å². The standard InChI is InChI=1S/C25H27FN2O5S/c1-17(2)21-7-5-6-8-22(21)27-25(29)16-28(19-11-9-18(26)10-12-19)34(30,31)20-13-14-23(32-3)24(15-20)33-4/h5-15,17H,16H2,1-4H3,(H,27,29). The van der Waals surface area contributed by atoms with E-state index < -0.39 is 28.3 Å². The molecule has 3 aromatic carbocycles. The number of ether oxygens (including phenoxy) is 2. The summed E-state index contributed by atoms with van der Waals surface area (Å²) in [5.74, 6) is -0.333. The van der Waals surface area contributed by atoms with Crippen LogP contribution in [0.15, 0.2) is 71.6 Å². The predicted octanol–water partition coefficient (Wildman–Crippen LogP) is 4.80. The maximum atomic E-state index is 13.6. The van der Waals surface area contributed by atoms with Gasteiger partial charge in [-0.1, -0.05) is 32.0 Å². The molecule has 0 fully saturated rings. The van der Waals surface area contributed by atoms with E-state index in [0.717, 1.165) is 22.0 Å². The molecule has 0 aliphatic heterocycles. The Morgan fingerprint density at radius 3 is 2.24 bits per heavy atom. The van der Waals surface area contributed by atoms with Crippen molar-refractivity contribution in [3.05, 3.63) is 78.1 Å². The van der Waals surface area contributed by atoms with Crippen molar-refractivity contribution in [1.82, 2.24) is 0 Å². The van der Waals surface area contributed by atoms with Crippen molar-refractivity contribution in [2.45, 2.75) is 24.7 Å². The van der Waals surface area contributed by atoms with Crippen molar-refractivity contribution >= 4 is 27.3 Å². The summed E-state index contributed by atoms with van der Waals surface area (Å²) in [6, 6.07) is 16.4. The summed E-state index contributed by atoms with van der Waals surface area (Å²) >= 11 is 0. The molecule has 0 spiro atoms. The molecule has 3 rings (SSSR count). The number of carbonyl (C=O) groups excluding carboxylic acids is 1. The smallest absolute Gasteiger partial charge is 0.264 e. The largest absolute Gasteiger partial charge is 0.493 e. The van der Waals surface area contributed by atoms with Crippen LogP contribution in [0.1, 0.15) is 25.3 Å². The number of rotatable bonds is 9. The summed E-state index contributed by atoms with van der Waals surface area (Å²) in [6.45, 7) is 3.48. The van der Waals surface area contributed by atoms with Gasteiger partial charge in [-0.05, 0) is 53.9 Å². The normalized spacial score (nSPS) is 11.2. The summed E-state index contributed by atoms with van der Waals surface area (Å²) in [7, 11) is -1.39. The van der Waals surface area contributed by atoms with E-state index in [-0.39, 0.29) is 22.3 Å². The third-order valence-electron chi connectivity index (χ3n) is 5.20. The third-order valence-corrected chi connectivity index (χ3v) is 6.97. The molecule has 0 radical (unpaired) electrons. The summed E-state index contributed by atoms with van der Waals surface area (Å²) in [6.07, 6.45) is 0. The molecule has 0 aliphatic rings. The first-order valence-corrected chi connectivity index (χ1v) is 12.0. The highest BCUT2D eigenvalue weighted by molar-refractivity contribution is 7.92. The number of para-hydroxylation sites is 1. The van der Waals surface area contributed by atoms with Crippen molar-refractivity contribution in [2.75, 3.05) is 30.4 Å². The van der Waals surface area contributed by atoms with Crippen LogP contribution in [0.2, 0.25) is 0 Å². The van der Waals surface area contributed by atoms with E-state index in [2.05, 4.69) is 5.32 Å². The van der Waals surface area contributed by atoms with E-state index in [4.69, 9.17) is 9.47 Å². The van der Waals surface area contributed by atoms with Gasteiger partial charge in [0.15, 0.2) is 11.5 Å². The minimum absolute atomic E-state index is 0.107. The molecule has 0 aromatic heterocycles. The van der Waals surface area contributed by atoms with Crippen LogP contribution in [-0.2, 0) is 14.8 Å². The second-order valence-corrected chi connectivity index (χ2v) is 9.66. The molecule has 0 atom stereocenters. The van der Waals surface area contributed by atoms with E-state index in [1.165, 1.54) is 44.6 Å². The van der Waals surface area contributed by atoms with Crippen molar-refractivity contribution in [3.8, 4) is 11.5 Å². The Morgan fingerprint density at radius 1 is 0.971 bits per heavy atom. The van der Waals surface area contributed by atoms with E-state index in [1.54, 1.807) is 12.1 Å². The number of hydrogen-bond acceptors (Lipinski definition) is 5. The number of halogens is 1. The Bertz CT molecular complexity index is 1260. The molecule has 34 heavy (non-hydrogen) atoms. The first-order valence-electron chi connectivity index (χ1n) is 10.6. The fourth-order valence-corrected chi connectivity index (χ4v) is 4.90. The van der Waals surface area contributed by atoms with E-state index in [0.29, 0.717) is 11.4 Å². The minimum Gasteiger partial charge on any atom is -0.493 e. The van der Waals surface area contributed by atoms with Gasteiger partial charge in [-0.15, -0.1) is 0 Å². The van der Waals surface area contributed by atoms with Crippen LogP contribution in [0.3, 0.4) is 0 Å². The van der Waals surface area contributed by atoms with Gasteiger partial charge in [0.25, 0.3) is 10.0 Å². The fourth-order valence-electron chi connectivity index (χ4n) is 3.46. The number of hydrogen-bond donors (Lipinski definition) is 1. The van der Waals surface area contributed by atoms with Crippen LogP contribution >= 0.6 is 0 Å². The van der Waals surface area contributed by atoms with Gasteiger partial charge in [-0.2, -0.15) is 0 Å². The number of methoxy groups -OCH3 is 2. The molecule has 0 heterocycles. The van der Waals surface area contributed by atoms with E-state index in [9.17, 15) is 17.6 Å². The van der Waals surface area contributed by atoms with E-state index in [1.807, 2.05) is 26.0 Å². The Balaban J connectivity index is 1.99. The monoisotopic (exact) mass is 486 g/mol. The number of anilines is 2. The van der Waals surface area contributed by atoms with Crippen LogP contribution in [-0.4, -0.2) is 35.1 Å². The van der Waals surface area contributed by atoms with Gasteiger partial charge in [0.1, 0.15) is 12.4 Å². The highest BCUT2D eigenvalue weighted by Gasteiger charge is 2.28. The van der Waals surface area contributed by atoms with Crippen molar-refractivity contribution in [2.24, 2.45) is 0 Å². The lowest BCUT2D eigenvalue weighted by Gasteiger charge is -2.25. The highest BCUT2D eigenvalue weighted by atomic mass is 32.2. The number of nitrogens with zero attached hydrogens (tertiary/aromatic N) is 1. The Labute approximate surface area is 199 Å². The molecular weight excluding hydrogens is 459 g/mol. The third kappa shape index (κ3) is 5.48. The van der Waals surface area contributed by atoms with Crippen LogP contribution in [0.5, 0.6) is 11.5 Å². The maximum Gasteiger partial charge on any atom is 0.264 e. The predicted molar refractivity (Wildman–Crippen MR) is 130 cm³/mol. The molecule has 0 saturated carbocycles. The lowest BCUT2D eigenvalue weighted by Crippen LogP contribution is -2.38. The maximum absolute atomic E-state index is 13.6. The summed E-state index contributed by atoms with van der Waals surface area (Å²) < 4.78 is 52.1. The zero-order chi connectivity index (χ0) is 24.9. The molecule has 0 unspecified atom stereocenters. The van der Waals surface area contributed by atoms with Crippen LogP contribution in [0.4, 0.5) is 15.8 Å². The van der Waals surface area contributed by atoms with Gasteiger partial charge in [-0.3, -0.25) is 9.10 Å². The highest BCUT2D eigenvalue weighted by Crippen LogP contribution is 2.32. The first-order chi connectivity index (χ1) is 16.2. The van der Waals surface area contributed by atoms with E-state index >= 15 is 0 Å². The van der Waals surface area contributed by atoms with Crippen molar-refractivity contribution < 1.29 is 27.1 Å². The van der Waals surface area contributed by atoms with Crippen molar-refractivity contribution in [3.63, 3.8) is 0 Å². The average molecular weight is 487 g/mol. The Kier molecular flexibility index (Phi) is 7.78. The Morgan fingerprint density at radius 2 is 1.62 bits per heavy atom. The lowest BCUT2D eigenvalue weighted by atomic mass is 10.0. The summed E-state index contributed by atoms with van der Waals surface area (Å²) in [4.78, 5) is 12.9. The zero-order valence-corrected chi connectivity index (χ0v) is 20.2. The number of amides is 1. The molecule has 0 bridgehead atoms. The minimum atomic E-state index is -4.22. The molecule has 0 aliphatic carbocycles. The summed E-state index contributed by atoms with van der Waals surface area (Å²) in [5, 5.41) is 2.80. The molecule has 1 amide bonds. The number of carbonyl (C=O) groups is 1. The molecule has 9 heteroatoms. The number of sulfonamides is 1. The van der Waals surface area contributed by atoms with Crippen LogP contribution in [0.25, 0.3) is 0 Å².